The van der Waals surface area contributed by atoms with Crippen LogP contribution in [0.3, 0.4) is 0 Å². The number of halogens is 1. The van der Waals surface area contributed by atoms with Crippen LogP contribution in [0.15, 0.2) is 54.6 Å². The van der Waals surface area contributed by atoms with Gasteiger partial charge < -0.3 is 19.7 Å². The average Bonchev–Trinajstić information content (AvgIpc) is 3.33. The SMILES string of the molecule is CCOC(=O)c1c(-c2cc(O)c3c(c2)C(=O)c2cccc(O)c2C3=O)nn(-c2cccc(F)c2)c1C(=O)OCC. The molecule has 2 N–H and O–H groups in total. The third-order valence-electron chi connectivity index (χ3n) is 6.26. The van der Waals surface area contributed by atoms with Crippen LogP contribution in [0.1, 0.15) is 66.5 Å². The molecule has 1 aromatic heterocycles. The lowest BCUT2D eigenvalue weighted by atomic mass is 9.82. The topological polar surface area (TPSA) is 145 Å². The molecule has 0 bridgehead atoms. The van der Waals surface area contributed by atoms with E-state index in [2.05, 4.69) is 5.10 Å². The summed E-state index contributed by atoms with van der Waals surface area (Å²) in [5, 5.41) is 25.5. The van der Waals surface area contributed by atoms with E-state index in [0.29, 0.717) is 0 Å². The van der Waals surface area contributed by atoms with E-state index in [1.165, 1.54) is 42.5 Å². The van der Waals surface area contributed by atoms with Crippen molar-refractivity contribution in [1.82, 2.24) is 9.78 Å². The van der Waals surface area contributed by atoms with Gasteiger partial charge in [-0.25, -0.2) is 18.7 Å². The Balaban J connectivity index is 1.80. The first kappa shape index (κ1) is 26.3. The van der Waals surface area contributed by atoms with Crippen LogP contribution in [0.4, 0.5) is 4.39 Å². The maximum absolute atomic E-state index is 14.1. The minimum absolute atomic E-state index is 0.00948. The molecule has 5 rings (SSSR count). The number of phenolic OH excluding ortho intramolecular Hbond substituents is 2. The Morgan fingerprint density at radius 3 is 2.23 bits per heavy atom. The van der Waals surface area contributed by atoms with Crippen LogP contribution in [-0.2, 0) is 9.47 Å². The molecule has 0 fully saturated rings. The third kappa shape index (κ3) is 4.17. The molecule has 4 aromatic rings. The van der Waals surface area contributed by atoms with Crippen molar-refractivity contribution in [1.29, 1.82) is 0 Å². The summed E-state index contributed by atoms with van der Waals surface area (Å²) >= 11 is 0. The first-order valence-corrected chi connectivity index (χ1v) is 12.2. The number of hydrogen-bond acceptors (Lipinski definition) is 9. The summed E-state index contributed by atoms with van der Waals surface area (Å²) in [6.07, 6.45) is 0. The molecule has 3 aromatic carbocycles. The molecule has 0 amide bonds. The standard InChI is InChI=1S/C29H21FN2O8/c1-3-39-28(37)23-24(31-32(25(23)29(38)40-4-2)16-8-5-7-15(30)13-16)14-11-18-22(20(34)12-14)27(36)21-17(26(18)35)9-6-10-19(21)33/h5-13,33-34H,3-4H2,1-2H3. The summed E-state index contributed by atoms with van der Waals surface area (Å²) in [6.45, 7) is 3.01. The van der Waals surface area contributed by atoms with Gasteiger partial charge in [0.05, 0.1) is 30.0 Å². The van der Waals surface area contributed by atoms with Gasteiger partial charge in [0.2, 0.25) is 5.78 Å². The van der Waals surface area contributed by atoms with E-state index in [-0.39, 0.29) is 63.7 Å². The number of aromatic nitrogens is 2. The highest BCUT2D eigenvalue weighted by Crippen LogP contribution is 2.40. The fourth-order valence-electron chi connectivity index (χ4n) is 4.62. The van der Waals surface area contributed by atoms with Crippen molar-refractivity contribution in [3.05, 3.63) is 93.9 Å². The van der Waals surface area contributed by atoms with Crippen LogP contribution < -0.4 is 0 Å². The molecule has 0 aliphatic heterocycles. The minimum Gasteiger partial charge on any atom is -0.507 e. The molecule has 1 aliphatic carbocycles. The molecule has 1 heterocycles. The highest BCUT2D eigenvalue weighted by molar-refractivity contribution is 6.30. The van der Waals surface area contributed by atoms with Crippen LogP contribution >= 0.6 is 0 Å². The van der Waals surface area contributed by atoms with Crippen LogP contribution in [-0.4, -0.2) is 56.7 Å². The monoisotopic (exact) mass is 544 g/mol. The highest BCUT2D eigenvalue weighted by atomic mass is 19.1. The molecular formula is C29H21FN2O8. The smallest absolute Gasteiger partial charge is 0.357 e. The average molecular weight is 544 g/mol. The second-order valence-corrected chi connectivity index (χ2v) is 8.68. The van der Waals surface area contributed by atoms with Crippen molar-refractivity contribution in [3.8, 4) is 28.4 Å². The quantitative estimate of drug-likeness (QED) is 0.300. The Kier molecular flexibility index (Phi) is 6.64. The zero-order valence-corrected chi connectivity index (χ0v) is 21.2. The van der Waals surface area contributed by atoms with Crippen LogP contribution in [0.25, 0.3) is 16.9 Å². The Morgan fingerprint density at radius 2 is 1.52 bits per heavy atom. The summed E-state index contributed by atoms with van der Waals surface area (Å²) in [5.41, 5.74) is -1.69. The van der Waals surface area contributed by atoms with Gasteiger partial charge in [-0.1, -0.05) is 18.2 Å². The molecule has 0 unspecified atom stereocenters. The highest BCUT2D eigenvalue weighted by Gasteiger charge is 2.37. The van der Waals surface area contributed by atoms with Crippen LogP contribution in [0.5, 0.6) is 11.5 Å². The van der Waals surface area contributed by atoms with Crippen molar-refractivity contribution >= 4 is 23.5 Å². The third-order valence-corrected chi connectivity index (χ3v) is 6.26. The lowest BCUT2D eigenvalue weighted by Gasteiger charge is -2.20. The lowest BCUT2D eigenvalue weighted by Crippen LogP contribution is -2.21. The van der Waals surface area contributed by atoms with Gasteiger partial charge in [0.15, 0.2) is 11.5 Å². The number of phenols is 2. The van der Waals surface area contributed by atoms with Gasteiger partial charge in [-0.2, -0.15) is 5.10 Å². The molecule has 11 heteroatoms. The van der Waals surface area contributed by atoms with E-state index >= 15 is 0 Å². The van der Waals surface area contributed by atoms with Gasteiger partial charge in [0.1, 0.15) is 28.6 Å². The predicted molar refractivity (Wildman–Crippen MR) is 138 cm³/mol. The Labute approximate surface area is 226 Å². The van der Waals surface area contributed by atoms with E-state index in [9.17, 15) is 33.8 Å². The largest absolute Gasteiger partial charge is 0.507 e. The number of aromatic hydroxyl groups is 2. The van der Waals surface area contributed by atoms with Crippen LogP contribution in [0.2, 0.25) is 0 Å². The van der Waals surface area contributed by atoms with Gasteiger partial charge >= 0.3 is 11.9 Å². The van der Waals surface area contributed by atoms with E-state index in [4.69, 9.17) is 9.47 Å². The zero-order valence-electron chi connectivity index (χ0n) is 21.2. The van der Waals surface area contributed by atoms with E-state index in [1.807, 2.05) is 0 Å². The molecule has 0 spiro atoms. The molecule has 202 valence electrons. The molecule has 0 saturated heterocycles. The number of hydrogen-bond donors (Lipinski definition) is 2. The minimum atomic E-state index is -0.960. The second-order valence-electron chi connectivity index (χ2n) is 8.68. The molecule has 0 saturated carbocycles. The summed E-state index contributed by atoms with van der Waals surface area (Å²) in [6, 6.07) is 11.5. The van der Waals surface area contributed by atoms with E-state index in [0.717, 1.165) is 16.8 Å². The summed E-state index contributed by atoms with van der Waals surface area (Å²) in [7, 11) is 0. The number of benzene rings is 3. The number of nitrogens with zero attached hydrogens (tertiary/aromatic N) is 2. The van der Waals surface area contributed by atoms with E-state index in [1.54, 1.807) is 13.8 Å². The molecule has 0 radical (unpaired) electrons. The van der Waals surface area contributed by atoms with Gasteiger partial charge in [-0.15, -0.1) is 0 Å². The number of rotatable bonds is 6. The second kappa shape index (κ2) is 10.1. The number of esters is 2. The Hall–Kier alpha value is -5.32. The molecule has 1 aliphatic rings. The summed E-state index contributed by atoms with van der Waals surface area (Å²) in [4.78, 5) is 52.9. The summed E-state index contributed by atoms with van der Waals surface area (Å²) in [5.74, 6) is -5.01. The fourth-order valence-corrected chi connectivity index (χ4v) is 4.62. The maximum atomic E-state index is 14.1. The molecule has 40 heavy (non-hydrogen) atoms. The first-order chi connectivity index (χ1) is 19.2. The molecular weight excluding hydrogens is 523 g/mol. The van der Waals surface area contributed by atoms with Gasteiger partial charge in [-0.3, -0.25) is 9.59 Å². The van der Waals surface area contributed by atoms with Crippen LogP contribution in [0, 0.1) is 5.82 Å². The van der Waals surface area contributed by atoms with E-state index < -0.39 is 40.8 Å². The number of carbonyl (C=O) groups excluding carboxylic acids is 4. The Bertz CT molecular complexity index is 1740. The normalized spacial score (nSPS) is 12.1. The first-order valence-electron chi connectivity index (χ1n) is 12.2. The molecule has 10 nitrogen and oxygen atoms in total. The Morgan fingerprint density at radius 1 is 0.850 bits per heavy atom. The van der Waals surface area contributed by atoms with Gasteiger partial charge in [-0.05, 0) is 50.2 Å². The van der Waals surface area contributed by atoms with Crippen molar-refractivity contribution in [2.24, 2.45) is 0 Å². The van der Waals surface area contributed by atoms with Gasteiger partial charge in [0, 0.05) is 16.7 Å². The number of ether oxygens (including phenoxy) is 2. The van der Waals surface area contributed by atoms with Gasteiger partial charge in [0.25, 0.3) is 0 Å². The lowest BCUT2D eigenvalue weighted by molar-refractivity contribution is 0.0473. The number of fused-ring (bicyclic) bond motifs is 2. The number of carbonyl (C=O) groups is 4. The van der Waals surface area contributed by atoms with Crippen molar-refractivity contribution in [2.75, 3.05) is 13.2 Å². The van der Waals surface area contributed by atoms with Crippen molar-refractivity contribution < 1.29 is 43.3 Å². The molecule has 0 atom stereocenters. The zero-order chi connectivity index (χ0) is 28.7. The van der Waals surface area contributed by atoms with Crippen molar-refractivity contribution in [2.45, 2.75) is 13.8 Å². The maximum Gasteiger partial charge on any atom is 0.357 e. The fraction of sp³-hybridized carbons (Fsp3) is 0.138. The summed E-state index contributed by atoms with van der Waals surface area (Å²) < 4.78 is 25.5. The van der Waals surface area contributed by atoms with Crippen molar-refractivity contribution in [3.63, 3.8) is 0 Å². The predicted octanol–water partition coefficient (Wildman–Crippen LogP) is 4.22. The number of ketones is 2.